The second kappa shape index (κ2) is 8.83. The molecule has 0 heterocycles. The number of ether oxygens (including phenoxy) is 1. The smallest absolute Gasteiger partial charge is 0.221 e. The van der Waals surface area contributed by atoms with Crippen LogP contribution in [0.2, 0.25) is 0 Å². The zero-order valence-electron chi connectivity index (χ0n) is 13.8. The number of amides is 1. The average molecular weight is 312 g/mol. The van der Waals surface area contributed by atoms with Crippen LogP contribution in [0.5, 0.6) is 5.75 Å². The number of carbonyl (C=O) groups excluding carboxylic acids is 1. The fourth-order valence-electron chi connectivity index (χ4n) is 2.31. The number of hydrogen-bond donors (Lipinski definition) is 1. The van der Waals surface area contributed by atoms with Crippen LogP contribution in [-0.4, -0.2) is 33.2 Å². The van der Waals surface area contributed by atoms with Gasteiger partial charge in [-0.25, -0.2) is 0 Å². The average Bonchev–Trinajstić information content (AvgIpc) is 2.61. The van der Waals surface area contributed by atoms with E-state index in [9.17, 15) is 4.79 Å². The summed E-state index contributed by atoms with van der Waals surface area (Å²) in [4.78, 5) is 14.0. The first-order valence-electron chi connectivity index (χ1n) is 7.85. The number of anilines is 1. The Kier molecular flexibility index (Phi) is 6.48. The largest absolute Gasteiger partial charge is 0.497 e. The zero-order chi connectivity index (χ0) is 16.5. The Morgan fingerprint density at radius 3 is 2.43 bits per heavy atom. The number of para-hydroxylation sites is 1. The number of rotatable bonds is 8. The molecule has 1 N–H and O–H groups in total. The minimum Gasteiger partial charge on any atom is -0.497 e. The van der Waals surface area contributed by atoms with Crippen LogP contribution in [0.1, 0.15) is 12.0 Å². The van der Waals surface area contributed by atoms with Gasteiger partial charge >= 0.3 is 0 Å². The highest BCUT2D eigenvalue weighted by Crippen LogP contribution is 2.12. The third kappa shape index (κ3) is 5.66. The molecule has 0 aliphatic heterocycles. The van der Waals surface area contributed by atoms with E-state index in [1.165, 1.54) is 5.56 Å². The monoisotopic (exact) mass is 312 g/mol. The van der Waals surface area contributed by atoms with E-state index in [-0.39, 0.29) is 5.91 Å². The predicted octanol–water partition coefficient (Wildman–Crippen LogP) is 2.88. The summed E-state index contributed by atoms with van der Waals surface area (Å²) in [5.41, 5.74) is 2.31. The lowest BCUT2D eigenvalue weighted by molar-refractivity contribution is -0.120. The maximum atomic E-state index is 11.9. The predicted molar refractivity (Wildman–Crippen MR) is 94.0 cm³/mol. The lowest BCUT2D eigenvalue weighted by atomic mass is 10.1. The van der Waals surface area contributed by atoms with Gasteiger partial charge in [-0.05, 0) is 36.2 Å². The van der Waals surface area contributed by atoms with Crippen molar-refractivity contribution in [2.75, 3.05) is 32.1 Å². The molecule has 23 heavy (non-hydrogen) atoms. The Bertz CT molecular complexity index is 597. The van der Waals surface area contributed by atoms with Crippen molar-refractivity contribution in [2.24, 2.45) is 0 Å². The van der Waals surface area contributed by atoms with Crippen molar-refractivity contribution in [1.29, 1.82) is 0 Å². The summed E-state index contributed by atoms with van der Waals surface area (Å²) in [7, 11) is 3.65. The number of methoxy groups -OCH3 is 1. The number of hydrogen-bond acceptors (Lipinski definition) is 3. The van der Waals surface area contributed by atoms with E-state index in [0.29, 0.717) is 19.5 Å². The van der Waals surface area contributed by atoms with Gasteiger partial charge in [0.15, 0.2) is 0 Å². The van der Waals surface area contributed by atoms with Crippen LogP contribution in [0.3, 0.4) is 0 Å². The van der Waals surface area contributed by atoms with Crippen LogP contribution in [0.25, 0.3) is 0 Å². The van der Waals surface area contributed by atoms with E-state index in [1.54, 1.807) is 7.11 Å². The maximum absolute atomic E-state index is 11.9. The highest BCUT2D eigenvalue weighted by atomic mass is 16.5. The summed E-state index contributed by atoms with van der Waals surface area (Å²) in [5, 5.41) is 2.97. The molecule has 4 heteroatoms. The Hall–Kier alpha value is -2.49. The fraction of sp³-hybridized carbons (Fsp3) is 0.316. The van der Waals surface area contributed by atoms with E-state index in [1.807, 2.05) is 61.6 Å². The van der Waals surface area contributed by atoms with E-state index in [2.05, 4.69) is 10.2 Å². The van der Waals surface area contributed by atoms with Gasteiger partial charge in [0, 0.05) is 32.2 Å². The molecule has 0 fully saturated rings. The van der Waals surface area contributed by atoms with Crippen molar-refractivity contribution in [2.45, 2.75) is 12.8 Å². The Morgan fingerprint density at radius 1 is 1.09 bits per heavy atom. The summed E-state index contributed by atoms with van der Waals surface area (Å²) >= 11 is 0. The lowest BCUT2D eigenvalue weighted by Crippen LogP contribution is -2.30. The molecular formula is C19H24N2O2. The fourth-order valence-corrected chi connectivity index (χ4v) is 2.31. The molecule has 2 aromatic rings. The summed E-state index contributed by atoms with van der Waals surface area (Å²) in [6.45, 7) is 1.36. The van der Waals surface area contributed by atoms with Gasteiger partial charge in [0.05, 0.1) is 7.11 Å². The van der Waals surface area contributed by atoms with Crippen molar-refractivity contribution in [3.05, 3.63) is 60.2 Å². The van der Waals surface area contributed by atoms with Crippen LogP contribution in [0.15, 0.2) is 54.6 Å². The molecule has 0 aliphatic rings. The summed E-state index contributed by atoms with van der Waals surface area (Å²) in [6, 6.07) is 18.0. The van der Waals surface area contributed by atoms with Gasteiger partial charge in [-0.1, -0.05) is 30.3 Å². The molecule has 1 amide bonds. The summed E-state index contributed by atoms with van der Waals surface area (Å²) < 4.78 is 5.13. The molecule has 0 aromatic heterocycles. The van der Waals surface area contributed by atoms with Crippen LogP contribution < -0.4 is 15.0 Å². The molecule has 0 aliphatic carbocycles. The molecule has 0 saturated heterocycles. The molecule has 2 rings (SSSR count). The molecular weight excluding hydrogens is 288 g/mol. The number of nitrogens with one attached hydrogen (secondary N) is 1. The topological polar surface area (TPSA) is 41.6 Å². The SMILES string of the molecule is COc1ccc(CCNC(=O)CCN(C)c2ccccc2)cc1. The molecule has 4 nitrogen and oxygen atoms in total. The van der Waals surface area contributed by atoms with Gasteiger partial charge in [-0.15, -0.1) is 0 Å². The van der Waals surface area contributed by atoms with Gasteiger partial charge in [0.2, 0.25) is 5.91 Å². The van der Waals surface area contributed by atoms with Crippen molar-refractivity contribution in [3.8, 4) is 5.75 Å². The molecule has 0 spiro atoms. The van der Waals surface area contributed by atoms with Crippen LogP contribution in [-0.2, 0) is 11.2 Å². The van der Waals surface area contributed by atoms with Crippen molar-refractivity contribution >= 4 is 11.6 Å². The number of carbonyl (C=O) groups is 1. The molecule has 0 atom stereocenters. The molecule has 0 unspecified atom stereocenters. The Balaban J connectivity index is 1.66. The van der Waals surface area contributed by atoms with E-state index in [4.69, 9.17) is 4.74 Å². The second-order valence-corrected chi connectivity index (χ2v) is 5.46. The molecule has 122 valence electrons. The quantitative estimate of drug-likeness (QED) is 0.815. The van der Waals surface area contributed by atoms with Crippen LogP contribution >= 0.6 is 0 Å². The molecule has 0 saturated carbocycles. The molecule has 0 radical (unpaired) electrons. The second-order valence-electron chi connectivity index (χ2n) is 5.46. The minimum atomic E-state index is 0.0845. The van der Waals surface area contributed by atoms with Crippen molar-refractivity contribution < 1.29 is 9.53 Å². The summed E-state index contributed by atoms with van der Waals surface area (Å²) in [6.07, 6.45) is 1.32. The highest BCUT2D eigenvalue weighted by Gasteiger charge is 2.05. The minimum absolute atomic E-state index is 0.0845. The van der Waals surface area contributed by atoms with Gasteiger partial charge in [-0.2, -0.15) is 0 Å². The Morgan fingerprint density at radius 2 is 1.78 bits per heavy atom. The van der Waals surface area contributed by atoms with Crippen molar-refractivity contribution in [3.63, 3.8) is 0 Å². The first-order chi connectivity index (χ1) is 11.2. The van der Waals surface area contributed by atoms with Crippen molar-refractivity contribution in [1.82, 2.24) is 5.32 Å². The lowest BCUT2D eigenvalue weighted by Gasteiger charge is -2.18. The van der Waals surface area contributed by atoms with Crippen LogP contribution in [0, 0.1) is 0 Å². The number of benzene rings is 2. The molecule has 0 bridgehead atoms. The highest BCUT2D eigenvalue weighted by molar-refractivity contribution is 5.76. The molecule has 2 aromatic carbocycles. The van der Waals surface area contributed by atoms with Crippen LogP contribution in [0.4, 0.5) is 5.69 Å². The van der Waals surface area contributed by atoms with E-state index in [0.717, 1.165) is 17.9 Å². The Labute approximate surface area is 138 Å². The van der Waals surface area contributed by atoms with Gasteiger partial charge in [0.1, 0.15) is 5.75 Å². The van der Waals surface area contributed by atoms with E-state index < -0.39 is 0 Å². The van der Waals surface area contributed by atoms with Gasteiger partial charge in [-0.3, -0.25) is 4.79 Å². The zero-order valence-corrected chi connectivity index (χ0v) is 13.8. The van der Waals surface area contributed by atoms with E-state index >= 15 is 0 Å². The van der Waals surface area contributed by atoms with Gasteiger partial charge in [0.25, 0.3) is 0 Å². The third-order valence-electron chi connectivity index (χ3n) is 3.77. The third-order valence-corrected chi connectivity index (χ3v) is 3.77. The summed E-state index contributed by atoms with van der Waals surface area (Å²) in [5.74, 6) is 0.933. The normalized spacial score (nSPS) is 10.2. The first-order valence-corrected chi connectivity index (χ1v) is 7.85. The maximum Gasteiger partial charge on any atom is 0.221 e. The van der Waals surface area contributed by atoms with Gasteiger partial charge < -0.3 is 15.0 Å². The standard InChI is InChI=1S/C19H24N2O2/c1-21(17-6-4-3-5-7-17)15-13-19(22)20-14-12-16-8-10-18(23-2)11-9-16/h3-11H,12-15H2,1-2H3,(H,20,22). The first kappa shape index (κ1) is 16.9. The number of nitrogens with zero attached hydrogens (tertiary/aromatic N) is 1.